The molecule has 0 spiro atoms. The first-order valence-electron chi connectivity index (χ1n) is 7.36. The summed E-state index contributed by atoms with van der Waals surface area (Å²) in [5.74, 6) is 0.0632. The standard InChI is InChI=1S/C16H18N2O2S/c1-9-3-2-4-12-13(17)15(21-14(9)12)16(19)18-7-10-5-6-11(8-18)20-10/h2-4,10-11H,5-8,17H2,1H3. The highest BCUT2D eigenvalue weighted by atomic mass is 32.1. The number of ether oxygens (including phenoxy) is 1. The number of hydrogen-bond acceptors (Lipinski definition) is 4. The van der Waals surface area contributed by atoms with Gasteiger partial charge in [-0.15, -0.1) is 11.3 Å². The topological polar surface area (TPSA) is 55.6 Å². The fourth-order valence-electron chi connectivity index (χ4n) is 3.36. The predicted molar refractivity (Wildman–Crippen MR) is 84.8 cm³/mol. The Hall–Kier alpha value is -1.59. The molecule has 1 aromatic heterocycles. The van der Waals surface area contributed by atoms with Crippen LogP contribution in [0.3, 0.4) is 0 Å². The molecule has 2 N–H and O–H groups in total. The van der Waals surface area contributed by atoms with Crippen LogP contribution in [0.1, 0.15) is 28.1 Å². The molecule has 0 saturated carbocycles. The summed E-state index contributed by atoms with van der Waals surface area (Å²) in [4.78, 5) is 15.4. The van der Waals surface area contributed by atoms with Crippen LogP contribution < -0.4 is 5.73 Å². The van der Waals surface area contributed by atoms with Crippen LogP contribution in [0, 0.1) is 6.92 Å². The molecule has 0 radical (unpaired) electrons. The number of nitrogen functional groups attached to an aromatic ring is 1. The molecule has 4 rings (SSSR count). The van der Waals surface area contributed by atoms with Crippen molar-refractivity contribution < 1.29 is 9.53 Å². The first kappa shape index (κ1) is 13.1. The van der Waals surface area contributed by atoms with Crippen molar-refractivity contribution in [3.8, 4) is 0 Å². The molecule has 1 amide bonds. The molecule has 2 bridgehead atoms. The van der Waals surface area contributed by atoms with Gasteiger partial charge in [-0.2, -0.15) is 0 Å². The molecule has 5 heteroatoms. The molecule has 4 nitrogen and oxygen atoms in total. The molecule has 2 fully saturated rings. The average molecular weight is 302 g/mol. The Labute approximate surface area is 127 Å². The van der Waals surface area contributed by atoms with Crippen LogP contribution in [0.25, 0.3) is 10.1 Å². The summed E-state index contributed by atoms with van der Waals surface area (Å²) in [6.07, 6.45) is 2.56. The van der Waals surface area contributed by atoms with Gasteiger partial charge in [-0.1, -0.05) is 18.2 Å². The van der Waals surface area contributed by atoms with E-state index in [0.29, 0.717) is 23.7 Å². The van der Waals surface area contributed by atoms with E-state index in [1.54, 1.807) is 0 Å². The van der Waals surface area contributed by atoms with Gasteiger partial charge >= 0.3 is 0 Å². The zero-order valence-electron chi connectivity index (χ0n) is 12.0. The molecule has 21 heavy (non-hydrogen) atoms. The Balaban J connectivity index is 1.71. The number of carbonyl (C=O) groups is 1. The molecule has 2 saturated heterocycles. The molecule has 110 valence electrons. The number of fused-ring (bicyclic) bond motifs is 3. The Kier molecular flexibility index (Phi) is 2.94. The van der Waals surface area contributed by atoms with Gasteiger partial charge in [0.2, 0.25) is 0 Å². The summed E-state index contributed by atoms with van der Waals surface area (Å²) in [5.41, 5.74) is 8.03. The quantitative estimate of drug-likeness (QED) is 0.881. The van der Waals surface area contributed by atoms with Crippen molar-refractivity contribution in [2.45, 2.75) is 32.0 Å². The third-order valence-electron chi connectivity index (χ3n) is 4.48. The minimum Gasteiger partial charge on any atom is -0.397 e. The Morgan fingerprint density at radius 3 is 2.71 bits per heavy atom. The van der Waals surface area contributed by atoms with Crippen molar-refractivity contribution >= 4 is 33.0 Å². The van der Waals surface area contributed by atoms with E-state index in [2.05, 4.69) is 13.0 Å². The number of benzene rings is 1. The lowest BCUT2D eigenvalue weighted by molar-refractivity contribution is -0.0301. The zero-order chi connectivity index (χ0) is 14.6. The number of nitrogens with two attached hydrogens (primary N) is 1. The van der Waals surface area contributed by atoms with E-state index in [-0.39, 0.29) is 18.1 Å². The molecule has 2 aliphatic rings. The van der Waals surface area contributed by atoms with Gasteiger partial charge in [-0.25, -0.2) is 0 Å². The fourth-order valence-corrected chi connectivity index (χ4v) is 4.52. The Morgan fingerprint density at radius 2 is 2.05 bits per heavy atom. The monoisotopic (exact) mass is 302 g/mol. The van der Waals surface area contributed by atoms with E-state index in [9.17, 15) is 4.79 Å². The number of morpholine rings is 1. The third-order valence-corrected chi connectivity index (χ3v) is 5.82. The van der Waals surface area contributed by atoms with Crippen molar-refractivity contribution in [2.75, 3.05) is 18.8 Å². The number of rotatable bonds is 1. The van der Waals surface area contributed by atoms with Crippen LogP contribution in [-0.4, -0.2) is 36.1 Å². The zero-order valence-corrected chi connectivity index (χ0v) is 12.8. The molecular weight excluding hydrogens is 284 g/mol. The molecule has 2 aliphatic heterocycles. The van der Waals surface area contributed by atoms with E-state index >= 15 is 0 Å². The van der Waals surface area contributed by atoms with Gasteiger partial charge in [0.15, 0.2) is 0 Å². The molecule has 2 aromatic rings. The minimum absolute atomic E-state index is 0.0632. The fraction of sp³-hybridized carbons (Fsp3) is 0.438. The van der Waals surface area contributed by atoms with Crippen LogP contribution >= 0.6 is 11.3 Å². The van der Waals surface area contributed by atoms with Gasteiger partial charge in [0.1, 0.15) is 4.88 Å². The number of nitrogens with zero attached hydrogens (tertiary/aromatic N) is 1. The number of hydrogen-bond donors (Lipinski definition) is 1. The second-order valence-electron chi connectivity index (χ2n) is 5.96. The lowest BCUT2D eigenvalue weighted by Crippen LogP contribution is -2.45. The van der Waals surface area contributed by atoms with Crippen LogP contribution in [0.4, 0.5) is 5.69 Å². The van der Waals surface area contributed by atoms with Crippen LogP contribution in [0.5, 0.6) is 0 Å². The van der Waals surface area contributed by atoms with Crippen molar-refractivity contribution in [1.82, 2.24) is 4.90 Å². The number of likely N-dealkylation sites (tertiary alicyclic amines) is 1. The number of aryl methyl sites for hydroxylation is 1. The highest BCUT2D eigenvalue weighted by molar-refractivity contribution is 7.21. The summed E-state index contributed by atoms with van der Waals surface area (Å²) in [6.45, 7) is 3.45. The van der Waals surface area contributed by atoms with Gasteiger partial charge in [0, 0.05) is 23.2 Å². The third kappa shape index (κ3) is 2.03. The van der Waals surface area contributed by atoms with E-state index in [1.807, 2.05) is 17.0 Å². The molecule has 0 aliphatic carbocycles. The molecule has 3 heterocycles. The lowest BCUT2D eigenvalue weighted by atomic mass is 10.1. The van der Waals surface area contributed by atoms with Crippen LogP contribution in [-0.2, 0) is 4.74 Å². The van der Waals surface area contributed by atoms with E-state index < -0.39 is 0 Å². The highest BCUT2D eigenvalue weighted by Crippen LogP contribution is 2.37. The Bertz CT molecular complexity index is 712. The minimum atomic E-state index is 0.0632. The second kappa shape index (κ2) is 4.71. The predicted octanol–water partition coefficient (Wildman–Crippen LogP) is 2.80. The molecule has 2 atom stereocenters. The number of carbonyl (C=O) groups excluding carboxylic acids is 1. The summed E-state index contributed by atoms with van der Waals surface area (Å²) in [7, 11) is 0. The van der Waals surface area contributed by atoms with Crippen molar-refractivity contribution in [3.63, 3.8) is 0 Å². The van der Waals surface area contributed by atoms with Gasteiger partial charge in [0.25, 0.3) is 5.91 Å². The first-order valence-corrected chi connectivity index (χ1v) is 8.17. The smallest absolute Gasteiger partial charge is 0.266 e. The summed E-state index contributed by atoms with van der Waals surface area (Å²) in [6, 6.07) is 6.04. The first-order chi connectivity index (χ1) is 10.1. The normalized spacial score (nSPS) is 24.7. The maximum Gasteiger partial charge on any atom is 0.266 e. The second-order valence-corrected chi connectivity index (χ2v) is 6.98. The highest BCUT2D eigenvalue weighted by Gasteiger charge is 2.36. The maximum atomic E-state index is 12.8. The van der Waals surface area contributed by atoms with Gasteiger partial charge in [0.05, 0.1) is 17.9 Å². The number of thiophene rings is 1. The summed E-state index contributed by atoms with van der Waals surface area (Å²) >= 11 is 1.52. The van der Waals surface area contributed by atoms with Crippen molar-refractivity contribution in [1.29, 1.82) is 0 Å². The molecule has 1 aromatic carbocycles. The number of amides is 1. The van der Waals surface area contributed by atoms with Crippen molar-refractivity contribution in [2.24, 2.45) is 0 Å². The largest absolute Gasteiger partial charge is 0.397 e. The van der Waals surface area contributed by atoms with Gasteiger partial charge in [-0.3, -0.25) is 4.79 Å². The number of anilines is 1. The summed E-state index contributed by atoms with van der Waals surface area (Å²) < 4.78 is 6.92. The lowest BCUT2D eigenvalue weighted by Gasteiger charge is -2.31. The van der Waals surface area contributed by atoms with Crippen LogP contribution in [0.15, 0.2) is 18.2 Å². The average Bonchev–Trinajstić information content (AvgIpc) is 3.00. The molecule has 2 unspecified atom stereocenters. The molecular formula is C16H18N2O2S. The Morgan fingerprint density at radius 1 is 1.33 bits per heavy atom. The van der Waals surface area contributed by atoms with Gasteiger partial charge in [-0.05, 0) is 25.3 Å². The van der Waals surface area contributed by atoms with E-state index in [1.165, 1.54) is 16.9 Å². The van der Waals surface area contributed by atoms with Gasteiger partial charge < -0.3 is 15.4 Å². The van der Waals surface area contributed by atoms with E-state index in [0.717, 1.165) is 22.9 Å². The maximum absolute atomic E-state index is 12.8. The van der Waals surface area contributed by atoms with E-state index in [4.69, 9.17) is 10.5 Å². The van der Waals surface area contributed by atoms with Crippen molar-refractivity contribution in [3.05, 3.63) is 28.6 Å². The summed E-state index contributed by atoms with van der Waals surface area (Å²) in [5, 5.41) is 1.000. The van der Waals surface area contributed by atoms with Crippen LogP contribution in [0.2, 0.25) is 0 Å². The SMILES string of the molecule is Cc1cccc2c(N)c(C(=O)N3CC4CCC(C3)O4)sc12.